The average molecular weight is 224 g/mol. The van der Waals surface area contributed by atoms with Gasteiger partial charge in [0, 0.05) is 6.04 Å². The third-order valence-electron chi connectivity index (χ3n) is 3.28. The minimum atomic E-state index is -0.745. The Morgan fingerprint density at radius 2 is 2.19 bits per heavy atom. The number of aromatic nitrogens is 2. The van der Waals surface area contributed by atoms with Crippen molar-refractivity contribution < 1.29 is 9.84 Å². The van der Waals surface area contributed by atoms with E-state index in [9.17, 15) is 5.11 Å². The lowest BCUT2D eigenvalue weighted by Gasteiger charge is -2.42. The normalized spacial score (nSPS) is 29.2. The molecule has 16 heavy (non-hydrogen) atoms. The summed E-state index contributed by atoms with van der Waals surface area (Å²) < 4.78 is 7.16. The van der Waals surface area contributed by atoms with Gasteiger partial charge in [0.1, 0.15) is 11.3 Å². The lowest BCUT2D eigenvalue weighted by molar-refractivity contribution is -0.0824. The first-order chi connectivity index (χ1) is 7.48. The van der Waals surface area contributed by atoms with Gasteiger partial charge in [0.25, 0.3) is 0 Å². The molecule has 1 saturated carbocycles. The van der Waals surface area contributed by atoms with Crippen LogP contribution in [0.3, 0.4) is 0 Å². The van der Waals surface area contributed by atoms with Crippen LogP contribution in [0.5, 0.6) is 5.75 Å². The molecule has 4 heteroatoms. The zero-order valence-electron chi connectivity index (χ0n) is 10.4. The zero-order valence-corrected chi connectivity index (χ0v) is 10.4. The Balaban J connectivity index is 2.41. The number of hydrogen-bond acceptors (Lipinski definition) is 3. The molecular weight excluding hydrogens is 204 g/mol. The molecule has 1 aliphatic rings. The zero-order chi connectivity index (χ0) is 11.9. The number of aliphatic hydroxyl groups is 1. The molecule has 1 aliphatic carbocycles. The molecule has 1 aromatic heterocycles. The van der Waals surface area contributed by atoms with Gasteiger partial charge in [0.2, 0.25) is 0 Å². The van der Waals surface area contributed by atoms with Crippen molar-refractivity contribution in [1.82, 2.24) is 9.78 Å². The maximum absolute atomic E-state index is 10.5. The molecule has 0 spiro atoms. The van der Waals surface area contributed by atoms with Gasteiger partial charge in [-0.25, -0.2) is 0 Å². The molecule has 1 fully saturated rings. The molecule has 1 N–H and O–H groups in total. The summed E-state index contributed by atoms with van der Waals surface area (Å²) >= 11 is 0. The summed E-state index contributed by atoms with van der Waals surface area (Å²) in [6.07, 6.45) is 3.28. The van der Waals surface area contributed by atoms with Gasteiger partial charge in [-0.1, -0.05) is 6.92 Å². The fourth-order valence-electron chi connectivity index (χ4n) is 2.62. The summed E-state index contributed by atoms with van der Waals surface area (Å²) in [6, 6.07) is 0.235. The Hall–Kier alpha value is -1.03. The van der Waals surface area contributed by atoms with Crippen LogP contribution in [0.4, 0.5) is 0 Å². The van der Waals surface area contributed by atoms with E-state index in [2.05, 4.69) is 25.9 Å². The maximum Gasteiger partial charge on any atom is 0.162 e. The van der Waals surface area contributed by atoms with Gasteiger partial charge < -0.3 is 9.84 Å². The van der Waals surface area contributed by atoms with E-state index < -0.39 is 5.60 Å². The Morgan fingerprint density at radius 3 is 2.62 bits per heavy atom. The smallest absolute Gasteiger partial charge is 0.162 e. The third-order valence-corrected chi connectivity index (χ3v) is 3.28. The second kappa shape index (κ2) is 3.77. The molecule has 2 rings (SSSR count). The second-order valence-electron chi connectivity index (χ2n) is 5.14. The first-order valence-corrected chi connectivity index (χ1v) is 5.82. The van der Waals surface area contributed by atoms with E-state index in [1.165, 1.54) is 0 Å². The van der Waals surface area contributed by atoms with E-state index in [0.717, 1.165) is 18.5 Å². The average Bonchev–Trinajstić information content (AvgIpc) is 2.58. The van der Waals surface area contributed by atoms with E-state index in [1.807, 2.05) is 4.68 Å². The van der Waals surface area contributed by atoms with E-state index >= 15 is 0 Å². The Morgan fingerprint density at radius 1 is 1.56 bits per heavy atom. The molecule has 4 nitrogen and oxygen atoms in total. The van der Waals surface area contributed by atoms with E-state index in [4.69, 9.17) is 4.74 Å². The maximum atomic E-state index is 10.5. The lowest BCUT2D eigenvalue weighted by Crippen LogP contribution is -2.42. The van der Waals surface area contributed by atoms with Crippen LogP contribution >= 0.6 is 0 Å². The van der Waals surface area contributed by atoms with Crippen molar-refractivity contribution in [2.45, 2.75) is 45.3 Å². The highest BCUT2D eigenvalue weighted by molar-refractivity contribution is 5.33. The highest BCUT2D eigenvalue weighted by atomic mass is 16.5. The molecule has 0 aromatic carbocycles. The monoisotopic (exact) mass is 224 g/mol. The quantitative estimate of drug-likeness (QED) is 0.855. The summed E-state index contributed by atoms with van der Waals surface area (Å²) in [5, 5.41) is 14.8. The van der Waals surface area contributed by atoms with Crippen LogP contribution in [-0.2, 0) is 5.60 Å². The van der Waals surface area contributed by atoms with Gasteiger partial charge in [0.15, 0.2) is 5.75 Å². The van der Waals surface area contributed by atoms with Crippen LogP contribution in [0.15, 0.2) is 6.20 Å². The van der Waals surface area contributed by atoms with Gasteiger partial charge in [-0.15, -0.1) is 0 Å². The topological polar surface area (TPSA) is 47.3 Å². The summed E-state index contributed by atoms with van der Waals surface area (Å²) in [7, 11) is 1.62. The van der Waals surface area contributed by atoms with Crippen LogP contribution in [0.1, 0.15) is 45.3 Å². The predicted molar refractivity (Wildman–Crippen MR) is 61.5 cm³/mol. The minimum Gasteiger partial charge on any atom is -0.493 e. The number of rotatable bonds is 3. The van der Waals surface area contributed by atoms with Crippen LogP contribution in [0.2, 0.25) is 0 Å². The van der Waals surface area contributed by atoms with Gasteiger partial charge in [-0.3, -0.25) is 4.68 Å². The van der Waals surface area contributed by atoms with Gasteiger partial charge in [-0.05, 0) is 32.6 Å². The Kier molecular flexibility index (Phi) is 2.70. The molecule has 0 atom stereocenters. The Bertz CT molecular complexity index is 378. The number of hydrogen-bond donors (Lipinski definition) is 1. The molecule has 90 valence electrons. The van der Waals surface area contributed by atoms with Crippen molar-refractivity contribution in [3.05, 3.63) is 11.9 Å². The van der Waals surface area contributed by atoms with Crippen molar-refractivity contribution in [3.8, 4) is 5.75 Å². The molecule has 0 amide bonds. The summed E-state index contributed by atoms with van der Waals surface area (Å²) in [5.41, 5.74) is 0.0917. The SMILES string of the molecule is COc1cnn(C(C)C)c1C1(O)CC(C)C1. The van der Waals surface area contributed by atoms with Gasteiger partial charge >= 0.3 is 0 Å². The van der Waals surface area contributed by atoms with Crippen LogP contribution < -0.4 is 4.74 Å². The number of methoxy groups -OCH3 is 1. The van der Waals surface area contributed by atoms with Gasteiger partial charge in [-0.2, -0.15) is 5.10 Å². The largest absolute Gasteiger partial charge is 0.493 e. The molecular formula is C12H20N2O2. The summed E-state index contributed by atoms with van der Waals surface area (Å²) in [4.78, 5) is 0. The van der Waals surface area contributed by atoms with Crippen molar-refractivity contribution in [3.63, 3.8) is 0 Å². The van der Waals surface area contributed by atoms with Crippen LogP contribution in [-0.4, -0.2) is 22.0 Å². The number of ether oxygens (including phenoxy) is 1. The molecule has 1 aromatic rings. The second-order valence-corrected chi connectivity index (χ2v) is 5.14. The third kappa shape index (κ3) is 1.61. The first kappa shape index (κ1) is 11.5. The summed E-state index contributed by atoms with van der Waals surface area (Å²) in [6.45, 7) is 6.26. The highest BCUT2D eigenvalue weighted by Gasteiger charge is 2.46. The van der Waals surface area contributed by atoms with E-state index in [0.29, 0.717) is 11.7 Å². The van der Waals surface area contributed by atoms with Crippen LogP contribution in [0, 0.1) is 5.92 Å². The predicted octanol–water partition coefficient (Wildman–Crippen LogP) is 2.09. The molecule has 0 radical (unpaired) electrons. The fourth-order valence-corrected chi connectivity index (χ4v) is 2.62. The minimum absolute atomic E-state index is 0.235. The molecule has 0 saturated heterocycles. The van der Waals surface area contributed by atoms with Crippen LogP contribution in [0.25, 0.3) is 0 Å². The highest BCUT2D eigenvalue weighted by Crippen LogP contribution is 2.48. The van der Waals surface area contributed by atoms with Crippen molar-refractivity contribution in [2.24, 2.45) is 5.92 Å². The van der Waals surface area contributed by atoms with Crippen molar-refractivity contribution in [2.75, 3.05) is 7.11 Å². The number of nitrogens with zero attached hydrogens (tertiary/aromatic N) is 2. The Labute approximate surface area is 96.2 Å². The fraction of sp³-hybridized carbons (Fsp3) is 0.750. The van der Waals surface area contributed by atoms with Gasteiger partial charge in [0.05, 0.1) is 13.3 Å². The molecule has 0 aliphatic heterocycles. The standard InChI is InChI=1S/C12H20N2O2/c1-8(2)14-11(10(16-4)7-13-14)12(15)5-9(3)6-12/h7-9,15H,5-6H2,1-4H3. The first-order valence-electron chi connectivity index (χ1n) is 5.82. The lowest BCUT2D eigenvalue weighted by atomic mass is 9.70. The van der Waals surface area contributed by atoms with E-state index in [-0.39, 0.29) is 6.04 Å². The van der Waals surface area contributed by atoms with Crippen molar-refractivity contribution in [1.29, 1.82) is 0 Å². The molecule has 1 heterocycles. The molecule has 0 unspecified atom stereocenters. The molecule has 0 bridgehead atoms. The van der Waals surface area contributed by atoms with Crippen molar-refractivity contribution >= 4 is 0 Å². The summed E-state index contributed by atoms with van der Waals surface area (Å²) in [5.74, 6) is 1.27. The van der Waals surface area contributed by atoms with E-state index in [1.54, 1.807) is 13.3 Å².